The quantitative estimate of drug-likeness (QED) is 0.785. The van der Waals surface area contributed by atoms with E-state index in [2.05, 4.69) is 10.4 Å². The van der Waals surface area contributed by atoms with Crippen LogP contribution >= 0.6 is 11.6 Å². The van der Waals surface area contributed by atoms with Gasteiger partial charge in [-0.1, -0.05) is 23.7 Å². The first-order valence-electron chi connectivity index (χ1n) is 8.35. The predicted octanol–water partition coefficient (Wildman–Crippen LogP) is 2.73. The number of hydrogen-bond acceptors (Lipinski definition) is 3. The number of halogens is 4. The fourth-order valence-corrected chi connectivity index (χ4v) is 2.92. The first-order valence-corrected chi connectivity index (χ1v) is 8.73. The van der Waals surface area contributed by atoms with E-state index in [4.69, 9.17) is 11.6 Å². The highest BCUT2D eigenvalue weighted by molar-refractivity contribution is 6.31. The van der Waals surface area contributed by atoms with Gasteiger partial charge in [-0.15, -0.1) is 0 Å². The van der Waals surface area contributed by atoms with Gasteiger partial charge in [0.1, 0.15) is 0 Å². The summed E-state index contributed by atoms with van der Waals surface area (Å²) in [5.74, 6) is -0.784. The fourth-order valence-electron chi connectivity index (χ4n) is 2.71. The number of nitrogens with one attached hydrogen (secondary N) is 1. The van der Waals surface area contributed by atoms with Crippen molar-refractivity contribution in [1.29, 1.82) is 0 Å². The minimum Gasteiger partial charge on any atom is -0.343 e. The van der Waals surface area contributed by atoms with Gasteiger partial charge < -0.3 is 10.2 Å². The molecular formula is C18H16ClF3N4O2. The van der Waals surface area contributed by atoms with Crippen LogP contribution in [0.25, 0.3) is 6.08 Å². The number of alkyl halides is 3. The van der Waals surface area contributed by atoms with Gasteiger partial charge >= 0.3 is 6.18 Å². The normalized spacial score (nSPS) is 14.2. The molecule has 1 N–H and O–H groups in total. The van der Waals surface area contributed by atoms with Crippen LogP contribution < -0.4 is 5.32 Å². The van der Waals surface area contributed by atoms with Crippen molar-refractivity contribution < 1.29 is 22.8 Å². The van der Waals surface area contributed by atoms with Gasteiger partial charge in [-0.3, -0.25) is 14.3 Å². The molecule has 1 aliphatic heterocycles. The molecule has 0 aliphatic carbocycles. The number of hydrogen-bond donors (Lipinski definition) is 1. The molecule has 1 aromatic carbocycles. The van der Waals surface area contributed by atoms with Gasteiger partial charge in [0.15, 0.2) is 0 Å². The molecule has 0 fully saturated rings. The van der Waals surface area contributed by atoms with Crippen molar-refractivity contribution in [1.82, 2.24) is 20.0 Å². The second-order valence-electron chi connectivity index (χ2n) is 6.15. The lowest BCUT2D eigenvalue weighted by atomic mass is 10.1. The van der Waals surface area contributed by atoms with Crippen LogP contribution in [0, 0.1) is 0 Å². The molecule has 2 aromatic rings. The largest absolute Gasteiger partial charge is 0.416 e. The summed E-state index contributed by atoms with van der Waals surface area (Å²) in [5.41, 5.74) is 0.422. The van der Waals surface area contributed by atoms with Crippen LogP contribution in [-0.2, 0) is 28.9 Å². The Morgan fingerprint density at radius 3 is 2.61 bits per heavy atom. The molecule has 28 heavy (non-hydrogen) atoms. The molecule has 0 radical (unpaired) electrons. The molecule has 0 unspecified atom stereocenters. The van der Waals surface area contributed by atoms with Crippen molar-refractivity contribution in [3.8, 4) is 0 Å². The number of benzene rings is 1. The zero-order chi connectivity index (χ0) is 20.3. The summed E-state index contributed by atoms with van der Waals surface area (Å²) in [6.07, 6.45) is -0.341. The monoisotopic (exact) mass is 412 g/mol. The van der Waals surface area contributed by atoms with Crippen molar-refractivity contribution in [3.63, 3.8) is 0 Å². The van der Waals surface area contributed by atoms with Crippen LogP contribution in [0.2, 0.25) is 5.02 Å². The number of rotatable bonds is 4. The Morgan fingerprint density at radius 2 is 1.93 bits per heavy atom. The van der Waals surface area contributed by atoms with Crippen LogP contribution in [0.1, 0.15) is 16.8 Å². The van der Waals surface area contributed by atoms with E-state index < -0.39 is 17.6 Å². The molecule has 10 heteroatoms. The van der Waals surface area contributed by atoms with Gasteiger partial charge in [-0.25, -0.2) is 0 Å². The molecule has 0 spiro atoms. The number of fused-ring (bicyclic) bond motifs is 1. The first-order chi connectivity index (χ1) is 13.2. The Hall–Kier alpha value is -2.81. The second-order valence-corrected chi connectivity index (χ2v) is 6.56. The molecule has 0 saturated carbocycles. The molecule has 0 bridgehead atoms. The number of nitrogens with zero attached hydrogens (tertiary/aromatic N) is 3. The number of carbonyl (C=O) groups is 2. The lowest BCUT2D eigenvalue weighted by Crippen LogP contribution is -2.43. The summed E-state index contributed by atoms with van der Waals surface area (Å²) >= 11 is 6.03. The topological polar surface area (TPSA) is 67.2 Å². The summed E-state index contributed by atoms with van der Waals surface area (Å²) in [4.78, 5) is 25.7. The highest BCUT2D eigenvalue weighted by Gasteiger charge is 2.29. The third kappa shape index (κ3) is 4.72. The molecule has 1 aromatic heterocycles. The standard InChI is InChI=1S/C18H16ClF3N4O2/c19-14-9-24-26-8-7-25(11-15(14)26)17(28)10-23-16(27)6-3-12-1-4-13(5-2-12)18(20,21)22/h1-6,9H,7-8,10-11H2,(H,23,27)/b6-3+. The SMILES string of the molecule is O=C(/C=C/c1ccc(C(F)(F)F)cc1)NCC(=O)N1CCn2ncc(Cl)c2C1. The summed E-state index contributed by atoms with van der Waals surface area (Å²) in [7, 11) is 0. The van der Waals surface area contributed by atoms with Crippen LogP contribution in [0.15, 0.2) is 36.5 Å². The smallest absolute Gasteiger partial charge is 0.343 e. The molecule has 0 atom stereocenters. The van der Waals surface area contributed by atoms with Crippen molar-refractivity contribution in [2.45, 2.75) is 19.3 Å². The molecule has 3 rings (SSSR count). The van der Waals surface area contributed by atoms with Crippen LogP contribution in [-0.4, -0.2) is 39.6 Å². The first kappa shape index (κ1) is 19.9. The van der Waals surface area contributed by atoms with Crippen molar-refractivity contribution >= 4 is 29.5 Å². The van der Waals surface area contributed by atoms with Crippen molar-refractivity contribution in [2.75, 3.05) is 13.1 Å². The molecule has 2 heterocycles. The molecule has 1 aliphatic rings. The van der Waals surface area contributed by atoms with Crippen molar-refractivity contribution in [2.24, 2.45) is 0 Å². The van der Waals surface area contributed by atoms with Crippen molar-refractivity contribution in [3.05, 3.63) is 58.4 Å². The molecular weight excluding hydrogens is 397 g/mol. The maximum Gasteiger partial charge on any atom is 0.416 e. The number of amides is 2. The summed E-state index contributed by atoms with van der Waals surface area (Å²) in [6, 6.07) is 4.40. The fraction of sp³-hybridized carbons (Fsp3) is 0.278. The average Bonchev–Trinajstić information content (AvgIpc) is 3.04. The van der Waals surface area contributed by atoms with Gasteiger partial charge in [0.2, 0.25) is 11.8 Å². The average molecular weight is 413 g/mol. The molecule has 0 saturated heterocycles. The lowest BCUT2D eigenvalue weighted by molar-refractivity contribution is -0.137. The number of carbonyl (C=O) groups excluding carboxylic acids is 2. The van der Waals surface area contributed by atoms with Crippen LogP contribution in [0.3, 0.4) is 0 Å². The van der Waals surface area contributed by atoms with E-state index in [1.165, 1.54) is 24.4 Å². The second kappa shape index (κ2) is 8.05. The predicted molar refractivity (Wildman–Crippen MR) is 96.1 cm³/mol. The zero-order valence-corrected chi connectivity index (χ0v) is 15.3. The lowest BCUT2D eigenvalue weighted by Gasteiger charge is -2.28. The summed E-state index contributed by atoms with van der Waals surface area (Å²) < 4.78 is 39.3. The maximum absolute atomic E-state index is 12.5. The minimum absolute atomic E-state index is 0.193. The Balaban J connectivity index is 1.49. The summed E-state index contributed by atoms with van der Waals surface area (Å²) in [5, 5.41) is 7.05. The third-order valence-electron chi connectivity index (χ3n) is 4.25. The highest BCUT2D eigenvalue weighted by atomic mass is 35.5. The van der Waals surface area contributed by atoms with E-state index >= 15 is 0 Å². The maximum atomic E-state index is 12.5. The van der Waals surface area contributed by atoms with E-state index in [1.54, 1.807) is 9.58 Å². The van der Waals surface area contributed by atoms with Crippen LogP contribution in [0.5, 0.6) is 0 Å². The van der Waals surface area contributed by atoms with E-state index in [0.29, 0.717) is 30.2 Å². The Labute approximate surface area is 163 Å². The van der Waals surface area contributed by atoms with Gasteiger partial charge in [0.05, 0.1) is 42.1 Å². The van der Waals surface area contributed by atoms with E-state index in [-0.39, 0.29) is 12.5 Å². The van der Waals surface area contributed by atoms with E-state index in [1.807, 2.05) is 0 Å². The summed E-state index contributed by atoms with van der Waals surface area (Å²) in [6.45, 7) is 1.10. The van der Waals surface area contributed by atoms with E-state index in [0.717, 1.165) is 23.9 Å². The van der Waals surface area contributed by atoms with Crippen LogP contribution in [0.4, 0.5) is 13.2 Å². The zero-order valence-electron chi connectivity index (χ0n) is 14.5. The minimum atomic E-state index is -4.41. The molecule has 148 valence electrons. The van der Waals surface area contributed by atoms with E-state index in [9.17, 15) is 22.8 Å². The van der Waals surface area contributed by atoms with Gasteiger partial charge in [0, 0.05) is 12.6 Å². The molecule has 2 amide bonds. The highest BCUT2D eigenvalue weighted by Crippen LogP contribution is 2.29. The Kier molecular flexibility index (Phi) is 5.73. The Morgan fingerprint density at radius 1 is 1.21 bits per heavy atom. The third-order valence-corrected chi connectivity index (χ3v) is 4.57. The van der Waals surface area contributed by atoms with Gasteiger partial charge in [-0.2, -0.15) is 18.3 Å². The Bertz CT molecular complexity index is 907. The molecule has 6 nitrogen and oxygen atoms in total. The van der Waals surface area contributed by atoms with Gasteiger partial charge in [-0.05, 0) is 23.8 Å². The van der Waals surface area contributed by atoms with Gasteiger partial charge in [0.25, 0.3) is 0 Å². The number of aromatic nitrogens is 2.